The summed E-state index contributed by atoms with van der Waals surface area (Å²) in [6.07, 6.45) is 0. The molecule has 0 spiro atoms. The smallest absolute Gasteiger partial charge is 0.254 e. The number of carbonyl (C=O) groups is 1. The second-order valence-electron chi connectivity index (χ2n) is 6.39. The van der Waals surface area contributed by atoms with Crippen LogP contribution in [0.15, 0.2) is 54.6 Å². The molecule has 0 atom stereocenters. The van der Waals surface area contributed by atoms with Gasteiger partial charge in [0.25, 0.3) is 5.91 Å². The number of methoxy groups -OCH3 is 1. The van der Waals surface area contributed by atoms with Gasteiger partial charge >= 0.3 is 0 Å². The first-order valence-corrected chi connectivity index (χ1v) is 9.03. The molecule has 1 heterocycles. The summed E-state index contributed by atoms with van der Waals surface area (Å²) in [5.41, 5.74) is 1.82. The summed E-state index contributed by atoms with van der Waals surface area (Å²) in [4.78, 5) is 17.3. The monoisotopic (exact) mass is 354 g/mol. The van der Waals surface area contributed by atoms with E-state index in [-0.39, 0.29) is 5.91 Å². The first-order valence-electron chi connectivity index (χ1n) is 9.03. The highest BCUT2D eigenvalue weighted by Gasteiger charge is 2.18. The van der Waals surface area contributed by atoms with Gasteiger partial charge in [-0.05, 0) is 29.8 Å². The molecule has 3 rings (SSSR count). The van der Waals surface area contributed by atoms with E-state index in [2.05, 4.69) is 4.90 Å². The average Bonchev–Trinajstić information content (AvgIpc) is 2.72. The molecule has 0 bridgehead atoms. The number of rotatable bonds is 7. The Balaban J connectivity index is 1.70. The summed E-state index contributed by atoms with van der Waals surface area (Å²) in [5.74, 6) is 0.887. The summed E-state index contributed by atoms with van der Waals surface area (Å²) in [6.45, 7) is 5.53. The van der Waals surface area contributed by atoms with Crippen LogP contribution in [0.2, 0.25) is 0 Å². The molecule has 5 heteroatoms. The Hall–Kier alpha value is -2.37. The average molecular weight is 354 g/mol. The largest absolute Gasteiger partial charge is 0.497 e. The molecule has 1 aliphatic rings. The van der Waals surface area contributed by atoms with Crippen molar-refractivity contribution in [3.05, 3.63) is 65.7 Å². The maximum atomic E-state index is 13.0. The van der Waals surface area contributed by atoms with Crippen molar-refractivity contribution in [3.63, 3.8) is 0 Å². The topological polar surface area (TPSA) is 42.0 Å². The standard InChI is InChI=1S/C21H26N2O3/c1-25-20-9-7-18(8-10-20)17-23(12-11-22-13-15-26-16-14-22)21(24)19-5-3-2-4-6-19/h2-10H,11-17H2,1H3. The van der Waals surface area contributed by atoms with E-state index in [1.54, 1.807) is 7.11 Å². The van der Waals surface area contributed by atoms with Crippen LogP contribution < -0.4 is 4.74 Å². The Morgan fingerprint density at radius 3 is 2.42 bits per heavy atom. The summed E-state index contributed by atoms with van der Waals surface area (Å²) in [5, 5.41) is 0. The highest BCUT2D eigenvalue weighted by Crippen LogP contribution is 2.15. The molecule has 0 N–H and O–H groups in total. The minimum Gasteiger partial charge on any atom is -0.497 e. The highest BCUT2D eigenvalue weighted by atomic mass is 16.5. The third kappa shape index (κ3) is 5.07. The first kappa shape index (κ1) is 18.4. The van der Waals surface area contributed by atoms with E-state index in [0.29, 0.717) is 13.1 Å². The van der Waals surface area contributed by atoms with E-state index in [1.165, 1.54) is 0 Å². The molecular weight excluding hydrogens is 328 g/mol. The Kier molecular flexibility index (Phi) is 6.63. The van der Waals surface area contributed by atoms with Crippen molar-refractivity contribution in [2.24, 2.45) is 0 Å². The molecule has 1 saturated heterocycles. The predicted octanol–water partition coefficient (Wildman–Crippen LogP) is 2.67. The van der Waals surface area contributed by atoms with Gasteiger partial charge in [-0.1, -0.05) is 30.3 Å². The van der Waals surface area contributed by atoms with Crippen LogP contribution in [0.5, 0.6) is 5.75 Å². The number of ether oxygens (including phenoxy) is 2. The predicted molar refractivity (Wildman–Crippen MR) is 101 cm³/mol. The van der Waals surface area contributed by atoms with Gasteiger partial charge in [0.2, 0.25) is 0 Å². The molecule has 1 amide bonds. The number of amides is 1. The van der Waals surface area contributed by atoms with Crippen LogP contribution >= 0.6 is 0 Å². The van der Waals surface area contributed by atoms with Crippen molar-refractivity contribution >= 4 is 5.91 Å². The van der Waals surface area contributed by atoms with Crippen LogP contribution in [0.1, 0.15) is 15.9 Å². The van der Waals surface area contributed by atoms with E-state index in [9.17, 15) is 4.79 Å². The van der Waals surface area contributed by atoms with Crippen molar-refractivity contribution in [2.45, 2.75) is 6.54 Å². The molecule has 0 saturated carbocycles. The van der Waals surface area contributed by atoms with Gasteiger partial charge in [-0.25, -0.2) is 0 Å². The molecule has 138 valence electrons. The van der Waals surface area contributed by atoms with E-state index < -0.39 is 0 Å². The van der Waals surface area contributed by atoms with Crippen LogP contribution in [-0.2, 0) is 11.3 Å². The Bertz CT molecular complexity index is 682. The van der Waals surface area contributed by atoms with E-state index in [1.807, 2.05) is 59.5 Å². The molecular formula is C21H26N2O3. The molecule has 2 aromatic rings. The minimum absolute atomic E-state index is 0.0645. The van der Waals surface area contributed by atoms with Crippen LogP contribution in [0.4, 0.5) is 0 Å². The lowest BCUT2D eigenvalue weighted by Gasteiger charge is -2.30. The van der Waals surface area contributed by atoms with Crippen LogP contribution in [0.25, 0.3) is 0 Å². The highest BCUT2D eigenvalue weighted by molar-refractivity contribution is 5.94. The number of morpholine rings is 1. The quantitative estimate of drug-likeness (QED) is 0.767. The zero-order valence-electron chi connectivity index (χ0n) is 15.3. The van der Waals surface area contributed by atoms with Crippen LogP contribution in [0.3, 0.4) is 0 Å². The molecule has 5 nitrogen and oxygen atoms in total. The van der Waals surface area contributed by atoms with Gasteiger partial charge in [0, 0.05) is 38.3 Å². The van der Waals surface area contributed by atoms with Crippen LogP contribution in [0, 0.1) is 0 Å². The number of hydrogen-bond donors (Lipinski definition) is 0. The Morgan fingerprint density at radius 2 is 1.77 bits per heavy atom. The summed E-state index contributed by atoms with van der Waals surface area (Å²) in [6, 6.07) is 17.4. The van der Waals surface area contributed by atoms with Gasteiger partial charge in [-0.3, -0.25) is 9.69 Å². The Morgan fingerprint density at radius 1 is 1.08 bits per heavy atom. The van der Waals surface area contributed by atoms with Gasteiger partial charge in [-0.2, -0.15) is 0 Å². The molecule has 1 aliphatic heterocycles. The third-order valence-electron chi connectivity index (χ3n) is 4.63. The van der Waals surface area contributed by atoms with Gasteiger partial charge in [-0.15, -0.1) is 0 Å². The SMILES string of the molecule is COc1ccc(CN(CCN2CCOCC2)C(=O)c2ccccc2)cc1. The number of nitrogens with zero attached hydrogens (tertiary/aromatic N) is 2. The van der Waals surface area contributed by atoms with Gasteiger partial charge in [0.15, 0.2) is 0 Å². The van der Waals surface area contributed by atoms with E-state index in [0.717, 1.165) is 49.7 Å². The van der Waals surface area contributed by atoms with Gasteiger partial charge in [0.1, 0.15) is 5.75 Å². The zero-order chi connectivity index (χ0) is 18.2. The minimum atomic E-state index is 0.0645. The fourth-order valence-corrected chi connectivity index (χ4v) is 3.05. The van der Waals surface area contributed by atoms with Crippen molar-refractivity contribution in [1.29, 1.82) is 0 Å². The second kappa shape index (κ2) is 9.36. The van der Waals surface area contributed by atoms with Gasteiger partial charge < -0.3 is 14.4 Å². The fourth-order valence-electron chi connectivity index (χ4n) is 3.05. The van der Waals surface area contributed by atoms with E-state index >= 15 is 0 Å². The third-order valence-corrected chi connectivity index (χ3v) is 4.63. The maximum Gasteiger partial charge on any atom is 0.254 e. The van der Waals surface area contributed by atoms with E-state index in [4.69, 9.17) is 9.47 Å². The van der Waals surface area contributed by atoms with Crippen molar-refractivity contribution in [1.82, 2.24) is 9.80 Å². The molecule has 0 unspecified atom stereocenters. The molecule has 0 radical (unpaired) electrons. The van der Waals surface area contributed by atoms with Crippen LogP contribution in [-0.4, -0.2) is 62.2 Å². The lowest BCUT2D eigenvalue weighted by Crippen LogP contribution is -2.42. The molecule has 26 heavy (non-hydrogen) atoms. The molecule has 1 fully saturated rings. The van der Waals surface area contributed by atoms with Crippen molar-refractivity contribution in [3.8, 4) is 5.75 Å². The maximum absolute atomic E-state index is 13.0. The first-order chi connectivity index (χ1) is 12.8. The molecule has 2 aromatic carbocycles. The Labute approximate surface area is 155 Å². The number of benzene rings is 2. The number of hydrogen-bond acceptors (Lipinski definition) is 4. The molecule has 0 aliphatic carbocycles. The van der Waals surface area contributed by atoms with Crippen molar-refractivity contribution in [2.75, 3.05) is 46.5 Å². The number of carbonyl (C=O) groups excluding carboxylic acids is 1. The van der Waals surface area contributed by atoms with Gasteiger partial charge in [0.05, 0.1) is 20.3 Å². The van der Waals surface area contributed by atoms with Crippen molar-refractivity contribution < 1.29 is 14.3 Å². The second-order valence-corrected chi connectivity index (χ2v) is 6.39. The summed E-state index contributed by atoms with van der Waals surface area (Å²) < 4.78 is 10.6. The normalized spacial score (nSPS) is 14.8. The fraction of sp³-hybridized carbons (Fsp3) is 0.381. The zero-order valence-corrected chi connectivity index (χ0v) is 15.3. The summed E-state index contributed by atoms with van der Waals surface area (Å²) in [7, 11) is 1.66. The lowest BCUT2D eigenvalue weighted by molar-refractivity contribution is 0.0320. The lowest BCUT2D eigenvalue weighted by atomic mass is 10.1. The summed E-state index contributed by atoms with van der Waals surface area (Å²) >= 11 is 0. The molecule has 0 aromatic heterocycles.